The first kappa shape index (κ1) is 29.6. The van der Waals surface area contributed by atoms with Crippen molar-refractivity contribution in [3.05, 3.63) is 22.8 Å². The number of hydrogen-bond acceptors (Lipinski definition) is 9. The summed E-state index contributed by atoms with van der Waals surface area (Å²) in [6.07, 6.45) is -0.342. The highest BCUT2D eigenvalue weighted by Gasteiger charge is 2.45. The molecule has 1 aliphatic rings. The third-order valence-corrected chi connectivity index (χ3v) is 6.89. The van der Waals surface area contributed by atoms with Crippen LogP contribution in [0.5, 0.6) is 5.75 Å². The first-order valence-electron chi connectivity index (χ1n) is 12.0. The van der Waals surface area contributed by atoms with E-state index in [0.717, 1.165) is 0 Å². The van der Waals surface area contributed by atoms with Crippen molar-refractivity contribution in [1.82, 2.24) is 5.32 Å². The maximum atomic E-state index is 13.2. The minimum atomic E-state index is -2.30. The number of fused-ring (bicyclic) bond motifs is 1. The number of nitrogens with one attached hydrogen (secondary N) is 1. The van der Waals surface area contributed by atoms with Crippen LogP contribution in [0.1, 0.15) is 54.1 Å². The van der Waals surface area contributed by atoms with E-state index in [1.807, 2.05) is 4.90 Å². The first-order valence-corrected chi connectivity index (χ1v) is 12.0. The number of aliphatic hydroxyl groups is 3. The van der Waals surface area contributed by atoms with Crippen molar-refractivity contribution < 1.29 is 39.2 Å². The Balaban J connectivity index is 2.41. The number of nitrogens with zero attached hydrogens (tertiary/aromatic N) is 1. The van der Waals surface area contributed by atoms with E-state index in [1.165, 1.54) is 0 Å². The fourth-order valence-electron chi connectivity index (χ4n) is 4.89. The number of Topliss-reactive ketones (excluding diaryl/α,β-unsaturated/α-hetero) is 2. The highest BCUT2D eigenvalue weighted by molar-refractivity contribution is 6.03. The summed E-state index contributed by atoms with van der Waals surface area (Å²) in [4.78, 5) is 38.8. The Morgan fingerprint density at radius 1 is 1.31 bits per heavy atom. The second-order valence-corrected chi connectivity index (χ2v) is 9.88. The summed E-state index contributed by atoms with van der Waals surface area (Å²) in [6.45, 7) is -0.0810. The molecule has 202 valence electrons. The van der Waals surface area contributed by atoms with Gasteiger partial charge in [-0.3, -0.25) is 14.4 Å². The average Bonchev–Trinajstić information content (AvgIpc) is 2.81. The van der Waals surface area contributed by atoms with E-state index in [-0.39, 0.29) is 55.4 Å². The standard InChI is InChI=1S/C25H38FN3O7/c1-14(11-26)28-12-16-9-19(29(2)3)18-7-15(8-20(32)23(18)24(16)35)6-17(4-5-30)25(36,13-31)21(33)10-22(27)34/h9,14-15,17,28,30-31,35-36H,4-8,10-13H2,1-3H3,(H2,27,34)/t14?,15-,17-,25-/m1/s1. The number of aromatic hydroxyl groups is 1. The van der Waals surface area contributed by atoms with Crippen LogP contribution in [0, 0.1) is 11.8 Å². The van der Waals surface area contributed by atoms with Crippen LogP contribution in [-0.4, -0.2) is 83.5 Å². The number of primary amides is 1. The van der Waals surface area contributed by atoms with Crippen LogP contribution in [0.4, 0.5) is 10.1 Å². The van der Waals surface area contributed by atoms with Crippen LogP contribution < -0.4 is 16.0 Å². The summed E-state index contributed by atoms with van der Waals surface area (Å²) < 4.78 is 12.9. The molecule has 0 bridgehead atoms. The molecule has 1 aromatic carbocycles. The van der Waals surface area contributed by atoms with Crippen LogP contribution in [-0.2, 0) is 22.6 Å². The molecule has 7 N–H and O–H groups in total. The van der Waals surface area contributed by atoms with E-state index in [9.17, 15) is 39.2 Å². The first-order chi connectivity index (χ1) is 16.9. The molecule has 2 rings (SSSR count). The number of hydrogen-bond donors (Lipinski definition) is 6. The Kier molecular flexibility index (Phi) is 10.4. The van der Waals surface area contributed by atoms with Crippen LogP contribution in [0.3, 0.4) is 0 Å². The summed E-state index contributed by atoms with van der Waals surface area (Å²) in [5.41, 5.74) is 4.77. The summed E-state index contributed by atoms with van der Waals surface area (Å²) >= 11 is 0. The predicted molar refractivity (Wildman–Crippen MR) is 132 cm³/mol. The molecule has 4 atom stereocenters. The number of phenols is 1. The maximum Gasteiger partial charge on any atom is 0.224 e. The second kappa shape index (κ2) is 12.6. The lowest BCUT2D eigenvalue weighted by atomic mass is 9.71. The average molecular weight is 512 g/mol. The summed E-state index contributed by atoms with van der Waals surface area (Å²) in [5.74, 6) is -3.66. The van der Waals surface area contributed by atoms with Crippen molar-refractivity contribution in [2.24, 2.45) is 17.6 Å². The van der Waals surface area contributed by atoms with Crippen molar-refractivity contribution in [1.29, 1.82) is 0 Å². The molecule has 1 unspecified atom stereocenters. The van der Waals surface area contributed by atoms with E-state index in [4.69, 9.17) is 5.73 Å². The number of amides is 1. The van der Waals surface area contributed by atoms with Gasteiger partial charge in [0.15, 0.2) is 11.6 Å². The van der Waals surface area contributed by atoms with Crippen LogP contribution in [0.2, 0.25) is 0 Å². The molecule has 0 spiro atoms. The molecule has 0 aromatic heterocycles. The van der Waals surface area contributed by atoms with Gasteiger partial charge in [-0.15, -0.1) is 0 Å². The monoisotopic (exact) mass is 511 g/mol. The van der Waals surface area contributed by atoms with Gasteiger partial charge in [-0.2, -0.15) is 0 Å². The van der Waals surface area contributed by atoms with E-state index >= 15 is 0 Å². The van der Waals surface area contributed by atoms with Crippen molar-refractivity contribution in [3.63, 3.8) is 0 Å². The zero-order chi connectivity index (χ0) is 27.2. The minimum Gasteiger partial charge on any atom is -0.507 e. The zero-order valence-electron chi connectivity index (χ0n) is 21.1. The van der Waals surface area contributed by atoms with Gasteiger partial charge in [0, 0.05) is 51.0 Å². The maximum absolute atomic E-state index is 13.2. The van der Waals surface area contributed by atoms with Gasteiger partial charge in [-0.05, 0) is 49.7 Å². The van der Waals surface area contributed by atoms with Crippen LogP contribution in [0.15, 0.2) is 6.07 Å². The van der Waals surface area contributed by atoms with E-state index in [2.05, 4.69) is 5.32 Å². The Hall–Kier alpha value is -2.60. The molecule has 10 nitrogen and oxygen atoms in total. The van der Waals surface area contributed by atoms with Gasteiger partial charge in [-0.25, -0.2) is 4.39 Å². The fraction of sp³-hybridized carbons (Fsp3) is 0.640. The summed E-state index contributed by atoms with van der Waals surface area (Å²) in [7, 11) is 3.59. The van der Waals surface area contributed by atoms with Gasteiger partial charge in [-0.1, -0.05) is 0 Å². The van der Waals surface area contributed by atoms with Gasteiger partial charge in [0.05, 0.1) is 18.6 Å². The molecule has 0 fully saturated rings. The number of carbonyl (C=O) groups is 3. The molecule has 0 radical (unpaired) electrons. The molecular weight excluding hydrogens is 473 g/mol. The number of rotatable bonds is 14. The van der Waals surface area contributed by atoms with Crippen molar-refractivity contribution in [2.45, 2.75) is 57.2 Å². The van der Waals surface area contributed by atoms with Gasteiger partial charge >= 0.3 is 0 Å². The van der Waals surface area contributed by atoms with E-state index < -0.39 is 49.0 Å². The van der Waals surface area contributed by atoms with Gasteiger partial charge in [0.1, 0.15) is 18.0 Å². The number of halogens is 1. The summed E-state index contributed by atoms with van der Waals surface area (Å²) in [6, 6.07) is 1.32. The number of benzene rings is 1. The third kappa shape index (κ3) is 6.58. The summed E-state index contributed by atoms with van der Waals surface area (Å²) in [5, 5.41) is 44.3. The second-order valence-electron chi connectivity index (χ2n) is 9.88. The van der Waals surface area contributed by atoms with Gasteiger partial charge in [0.25, 0.3) is 0 Å². The van der Waals surface area contributed by atoms with E-state index in [1.54, 1.807) is 27.1 Å². The molecule has 36 heavy (non-hydrogen) atoms. The number of alkyl halides is 1. The number of nitrogens with two attached hydrogens (primary N) is 1. The zero-order valence-corrected chi connectivity index (χ0v) is 21.1. The number of ketones is 2. The SMILES string of the molecule is CC(CF)NCc1cc(N(C)C)c2c(c1O)C(=O)C[C@H](C[C@@H](CCO)[C@](O)(CO)C(=O)CC(N)=O)C2. The molecule has 0 heterocycles. The van der Waals surface area contributed by atoms with Gasteiger partial charge in [0.2, 0.25) is 5.91 Å². The quantitative estimate of drug-likeness (QED) is 0.191. The normalized spacial score (nSPS) is 18.8. The highest BCUT2D eigenvalue weighted by atomic mass is 19.1. The predicted octanol–water partition coefficient (Wildman–Crippen LogP) is 0.208. The molecule has 11 heteroatoms. The molecule has 0 aliphatic heterocycles. The molecule has 0 saturated carbocycles. The lowest BCUT2D eigenvalue weighted by Crippen LogP contribution is -2.51. The topological polar surface area (TPSA) is 173 Å². The number of anilines is 1. The van der Waals surface area contributed by atoms with Crippen LogP contribution in [0.25, 0.3) is 0 Å². The molecular formula is C25H38FN3O7. The fourth-order valence-corrected chi connectivity index (χ4v) is 4.89. The third-order valence-electron chi connectivity index (χ3n) is 6.89. The highest BCUT2D eigenvalue weighted by Crippen LogP contribution is 2.42. The molecule has 1 aromatic rings. The smallest absolute Gasteiger partial charge is 0.224 e. The van der Waals surface area contributed by atoms with E-state index in [0.29, 0.717) is 23.2 Å². The molecule has 1 aliphatic carbocycles. The Bertz CT molecular complexity index is 971. The molecule has 1 amide bonds. The number of phenolic OH excluding ortho intramolecular Hbond substituents is 1. The number of aliphatic hydroxyl groups excluding tert-OH is 2. The van der Waals surface area contributed by atoms with Crippen molar-refractivity contribution in [3.8, 4) is 5.75 Å². The minimum absolute atomic E-state index is 0.0125. The van der Waals surface area contributed by atoms with Crippen LogP contribution >= 0.6 is 0 Å². The Labute approximate surface area is 210 Å². The lowest BCUT2D eigenvalue weighted by Gasteiger charge is -2.37. The Morgan fingerprint density at radius 3 is 2.50 bits per heavy atom. The Morgan fingerprint density at radius 2 is 1.97 bits per heavy atom. The number of carbonyl (C=O) groups excluding carboxylic acids is 3. The largest absolute Gasteiger partial charge is 0.507 e. The lowest BCUT2D eigenvalue weighted by molar-refractivity contribution is -0.153. The van der Waals surface area contributed by atoms with Crippen molar-refractivity contribution >= 4 is 23.2 Å². The molecule has 0 saturated heterocycles. The van der Waals surface area contributed by atoms with Gasteiger partial charge < -0.3 is 36.4 Å². The van der Waals surface area contributed by atoms with Crippen molar-refractivity contribution in [2.75, 3.05) is 38.9 Å².